The van der Waals surface area contributed by atoms with Crippen LogP contribution >= 0.6 is 0 Å². The first-order valence-electron chi connectivity index (χ1n) is 7.16. The molecule has 2 nitrogen and oxygen atoms in total. The highest BCUT2D eigenvalue weighted by Crippen LogP contribution is 2.38. The summed E-state index contributed by atoms with van der Waals surface area (Å²) in [6.45, 7) is 1.71. The highest BCUT2D eigenvalue weighted by Gasteiger charge is 2.23. The molecule has 0 unspecified atom stereocenters. The number of fused-ring (bicyclic) bond motifs is 1. The molecule has 23 heavy (non-hydrogen) atoms. The van der Waals surface area contributed by atoms with Gasteiger partial charge < -0.3 is 5.73 Å². The Balaban J connectivity index is 2.24. The van der Waals surface area contributed by atoms with Gasteiger partial charge in [-0.25, -0.2) is 13.2 Å². The number of amides is 1. The molecule has 0 aromatic heterocycles. The number of benzene rings is 2. The Bertz CT molecular complexity index is 856. The maximum absolute atomic E-state index is 14.0. The minimum atomic E-state index is -0.985. The summed E-state index contributed by atoms with van der Waals surface area (Å²) in [6.07, 6.45) is 0.927. The molecular weight excluding hydrogens is 303 g/mol. The second kappa shape index (κ2) is 5.57. The zero-order valence-corrected chi connectivity index (χ0v) is 12.4. The molecule has 0 fully saturated rings. The second-order valence-electron chi connectivity index (χ2n) is 5.58. The summed E-state index contributed by atoms with van der Waals surface area (Å²) >= 11 is 0. The van der Waals surface area contributed by atoms with Gasteiger partial charge in [0.15, 0.2) is 11.6 Å². The standard InChI is InChI=1S/C18H14F3NO/c1-9-12(18(22)23)3-4-13-14(9)7-11(19)8-15(13)10-2-5-16(20)17(21)6-10/h2,5-8H,3-4H2,1H3,(H2,22,23). The van der Waals surface area contributed by atoms with E-state index in [1.807, 2.05) is 0 Å². The molecule has 1 aliphatic carbocycles. The fraction of sp³-hybridized carbons (Fsp3) is 0.167. The smallest absolute Gasteiger partial charge is 0.244 e. The lowest BCUT2D eigenvalue weighted by Crippen LogP contribution is -2.19. The molecule has 0 radical (unpaired) electrons. The summed E-state index contributed by atoms with van der Waals surface area (Å²) < 4.78 is 40.6. The number of nitrogens with two attached hydrogens (primary N) is 1. The molecule has 2 aromatic rings. The van der Waals surface area contributed by atoms with Crippen LogP contribution in [0.1, 0.15) is 24.5 Å². The fourth-order valence-corrected chi connectivity index (χ4v) is 3.07. The van der Waals surface area contributed by atoms with Crippen molar-refractivity contribution < 1.29 is 18.0 Å². The van der Waals surface area contributed by atoms with Crippen LogP contribution < -0.4 is 5.73 Å². The van der Waals surface area contributed by atoms with Gasteiger partial charge in [-0.15, -0.1) is 0 Å². The third kappa shape index (κ3) is 2.63. The van der Waals surface area contributed by atoms with Gasteiger partial charge in [-0.2, -0.15) is 0 Å². The first-order chi connectivity index (χ1) is 10.9. The third-order valence-corrected chi connectivity index (χ3v) is 4.22. The highest BCUT2D eigenvalue weighted by molar-refractivity contribution is 6.01. The Morgan fingerprint density at radius 3 is 2.35 bits per heavy atom. The number of hydrogen-bond acceptors (Lipinski definition) is 1. The number of allylic oxidation sites excluding steroid dienone is 1. The summed E-state index contributed by atoms with van der Waals surface area (Å²) in [5.74, 6) is -2.96. The predicted molar refractivity (Wildman–Crippen MR) is 81.9 cm³/mol. The molecule has 0 saturated heterocycles. The van der Waals surface area contributed by atoms with Gasteiger partial charge in [0, 0.05) is 5.57 Å². The lowest BCUT2D eigenvalue weighted by atomic mass is 9.82. The van der Waals surface area contributed by atoms with Crippen molar-refractivity contribution in [1.82, 2.24) is 0 Å². The minimum absolute atomic E-state index is 0.398. The van der Waals surface area contributed by atoms with Crippen LogP contribution in [0.15, 0.2) is 35.9 Å². The number of carbonyl (C=O) groups is 1. The third-order valence-electron chi connectivity index (χ3n) is 4.22. The maximum Gasteiger partial charge on any atom is 0.244 e. The van der Waals surface area contributed by atoms with Crippen LogP contribution in [-0.2, 0) is 11.2 Å². The van der Waals surface area contributed by atoms with Crippen molar-refractivity contribution in [2.75, 3.05) is 0 Å². The van der Waals surface area contributed by atoms with Crippen molar-refractivity contribution in [3.05, 3.63) is 64.5 Å². The summed E-state index contributed by atoms with van der Waals surface area (Å²) in [7, 11) is 0. The number of rotatable bonds is 2. The summed E-state index contributed by atoms with van der Waals surface area (Å²) in [5, 5.41) is 0. The van der Waals surface area contributed by atoms with E-state index in [0.717, 1.165) is 17.7 Å². The molecule has 2 aromatic carbocycles. The minimum Gasteiger partial charge on any atom is -0.366 e. The van der Waals surface area contributed by atoms with E-state index in [4.69, 9.17) is 5.73 Å². The van der Waals surface area contributed by atoms with E-state index in [0.29, 0.717) is 40.7 Å². The molecular formula is C18H14F3NO. The lowest BCUT2D eigenvalue weighted by Gasteiger charge is -2.23. The highest BCUT2D eigenvalue weighted by atomic mass is 19.2. The number of hydrogen-bond donors (Lipinski definition) is 1. The van der Waals surface area contributed by atoms with Gasteiger partial charge >= 0.3 is 0 Å². The van der Waals surface area contributed by atoms with Crippen LogP contribution in [0.3, 0.4) is 0 Å². The van der Waals surface area contributed by atoms with Crippen LogP contribution in [0.5, 0.6) is 0 Å². The molecule has 0 heterocycles. The van der Waals surface area contributed by atoms with Crippen LogP contribution in [0.25, 0.3) is 16.7 Å². The Hall–Kier alpha value is -2.56. The summed E-state index contributed by atoms with van der Waals surface area (Å²) in [5.41, 5.74) is 8.75. The Kier molecular flexibility index (Phi) is 3.72. The molecule has 5 heteroatoms. The van der Waals surface area contributed by atoms with E-state index in [1.54, 1.807) is 6.92 Å². The Morgan fingerprint density at radius 1 is 1.00 bits per heavy atom. The second-order valence-corrected chi connectivity index (χ2v) is 5.58. The lowest BCUT2D eigenvalue weighted by molar-refractivity contribution is -0.114. The molecule has 0 bridgehead atoms. The molecule has 0 saturated carbocycles. The molecule has 0 atom stereocenters. The van der Waals surface area contributed by atoms with Gasteiger partial charge in [-0.3, -0.25) is 4.79 Å². The molecule has 1 aliphatic rings. The van der Waals surface area contributed by atoms with E-state index < -0.39 is 23.4 Å². The number of primary amides is 1. The Morgan fingerprint density at radius 2 is 1.70 bits per heavy atom. The molecule has 0 spiro atoms. The average molecular weight is 317 g/mol. The van der Waals surface area contributed by atoms with Gasteiger partial charge in [-0.1, -0.05) is 6.07 Å². The van der Waals surface area contributed by atoms with Crippen molar-refractivity contribution in [1.29, 1.82) is 0 Å². The zero-order valence-electron chi connectivity index (χ0n) is 12.4. The van der Waals surface area contributed by atoms with E-state index in [2.05, 4.69) is 0 Å². The molecule has 118 valence electrons. The number of halogens is 3. The van der Waals surface area contributed by atoms with E-state index >= 15 is 0 Å². The average Bonchev–Trinajstić information content (AvgIpc) is 2.50. The number of carbonyl (C=O) groups excluding carboxylic acids is 1. The van der Waals surface area contributed by atoms with Crippen LogP contribution in [-0.4, -0.2) is 5.91 Å². The van der Waals surface area contributed by atoms with Crippen LogP contribution in [0.2, 0.25) is 0 Å². The van der Waals surface area contributed by atoms with E-state index in [9.17, 15) is 18.0 Å². The summed E-state index contributed by atoms with van der Waals surface area (Å²) in [6, 6.07) is 6.12. The van der Waals surface area contributed by atoms with E-state index in [-0.39, 0.29) is 0 Å². The van der Waals surface area contributed by atoms with Gasteiger partial charge in [-0.05, 0) is 71.9 Å². The quantitative estimate of drug-likeness (QED) is 0.894. The molecule has 2 N–H and O–H groups in total. The largest absolute Gasteiger partial charge is 0.366 e. The monoisotopic (exact) mass is 317 g/mol. The van der Waals surface area contributed by atoms with E-state index in [1.165, 1.54) is 18.2 Å². The van der Waals surface area contributed by atoms with Gasteiger partial charge in [0.25, 0.3) is 0 Å². The van der Waals surface area contributed by atoms with Crippen molar-refractivity contribution in [3.63, 3.8) is 0 Å². The van der Waals surface area contributed by atoms with Crippen molar-refractivity contribution in [3.8, 4) is 11.1 Å². The van der Waals surface area contributed by atoms with Gasteiger partial charge in [0.05, 0.1) is 0 Å². The zero-order chi connectivity index (χ0) is 16.7. The SMILES string of the molecule is CC1=C(C(N)=O)CCc2c1cc(F)cc2-c1ccc(F)c(F)c1. The van der Waals surface area contributed by atoms with Crippen LogP contribution in [0.4, 0.5) is 13.2 Å². The van der Waals surface area contributed by atoms with Gasteiger partial charge in [0.1, 0.15) is 5.82 Å². The van der Waals surface area contributed by atoms with Gasteiger partial charge in [0.2, 0.25) is 5.91 Å². The topological polar surface area (TPSA) is 43.1 Å². The first kappa shape index (κ1) is 15.3. The first-order valence-corrected chi connectivity index (χ1v) is 7.16. The molecule has 0 aliphatic heterocycles. The Labute approximate surface area is 131 Å². The predicted octanol–water partition coefficient (Wildman–Crippen LogP) is 3.98. The molecule has 1 amide bonds. The van der Waals surface area contributed by atoms with Crippen molar-refractivity contribution in [2.24, 2.45) is 5.73 Å². The summed E-state index contributed by atoms with van der Waals surface area (Å²) in [4.78, 5) is 11.5. The van der Waals surface area contributed by atoms with Crippen LogP contribution in [0, 0.1) is 17.5 Å². The normalized spacial score (nSPS) is 13.9. The fourth-order valence-electron chi connectivity index (χ4n) is 3.07. The molecule has 3 rings (SSSR count). The van der Waals surface area contributed by atoms with Crippen molar-refractivity contribution >= 4 is 11.5 Å². The maximum atomic E-state index is 14.0. The van der Waals surface area contributed by atoms with Crippen molar-refractivity contribution in [2.45, 2.75) is 19.8 Å².